The fourth-order valence-corrected chi connectivity index (χ4v) is 8.84. The fraction of sp³-hybridized carbons (Fsp3) is 0.417. The van der Waals surface area contributed by atoms with Crippen LogP contribution in [-0.2, 0) is 20.9 Å². The first-order valence-corrected chi connectivity index (χ1v) is 24.2. The Bertz CT molecular complexity index is 3030. The van der Waals surface area contributed by atoms with Gasteiger partial charge in [0.15, 0.2) is 22.1 Å². The highest BCUT2D eigenvalue weighted by Gasteiger charge is 2.38. The molecule has 7 N–H and O–H groups in total. The van der Waals surface area contributed by atoms with Crippen LogP contribution in [-0.4, -0.2) is 136 Å². The predicted molar refractivity (Wildman–Crippen MR) is 262 cm³/mol. The summed E-state index contributed by atoms with van der Waals surface area (Å²) in [6, 6.07) is 14.7. The minimum Gasteiger partial charge on any atom is -0.394 e. The summed E-state index contributed by atoms with van der Waals surface area (Å²) in [7, 11) is 0. The number of benzene rings is 2. The van der Waals surface area contributed by atoms with E-state index in [9.17, 15) is 24.3 Å². The van der Waals surface area contributed by atoms with Crippen molar-refractivity contribution in [2.75, 3.05) is 63.5 Å². The lowest BCUT2D eigenvalue weighted by atomic mass is 9.96. The third-order valence-electron chi connectivity index (χ3n) is 11.9. The molecule has 8 rings (SSSR count). The summed E-state index contributed by atoms with van der Waals surface area (Å²) < 4.78 is 10.7. The van der Waals surface area contributed by atoms with Crippen LogP contribution in [0.25, 0.3) is 22.4 Å². The smallest absolute Gasteiger partial charge is 0.330 e. The van der Waals surface area contributed by atoms with E-state index < -0.39 is 29.6 Å². The fourth-order valence-electron chi connectivity index (χ4n) is 8.15. The van der Waals surface area contributed by atoms with E-state index in [0.717, 1.165) is 54.8 Å². The monoisotopic (exact) mass is 969 g/mol. The Morgan fingerprint density at radius 1 is 0.971 bits per heavy atom. The standard InChI is InChI=1S/C48H55N15O6S/c1-3-25-70-47-53-43(51-20-18-49)42-44(54-47)63(59-57-42)28-34-8-6-32(7-9-34)5-4-19-52-46(67)36-16-22-60(23-17-36)24-21-50-40(65)15-12-33-10-13-35(14-11-33)37-29-62(58-56-37)38-26-41(69-39(38)30-64)61-27-31(2)45(66)55-48(61)68/h6-11,13-14,27,29,36,38-39,41,64H,3,16-26,28,30,49H2,1-2H3,(H,50,65)(H,52,67)(H,51,53,54)(H,55,66,68)/t38?,39-,41-/m0/s1. The number of aryl methyl sites for hydroxylation is 1. The van der Waals surface area contributed by atoms with Crippen molar-refractivity contribution in [2.24, 2.45) is 11.7 Å². The van der Waals surface area contributed by atoms with E-state index >= 15 is 0 Å². The van der Waals surface area contributed by atoms with E-state index in [2.05, 4.69) is 82.0 Å². The second-order valence-corrected chi connectivity index (χ2v) is 18.0. The summed E-state index contributed by atoms with van der Waals surface area (Å²) >= 11 is 1.59. The topological polar surface area (TPSA) is 271 Å². The van der Waals surface area contributed by atoms with Crippen LogP contribution in [0.3, 0.4) is 0 Å². The summed E-state index contributed by atoms with van der Waals surface area (Å²) in [6.45, 7) is 7.75. The summed E-state index contributed by atoms with van der Waals surface area (Å²) in [5.41, 5.74) is 10.1. The number of aliphatic hydroxyl groups is 1. The van der Waals surface area contributed by atoms with Gasteiger partial charge in [-0.15, -0.1) is 10.2 Å². The Labute approximate surface area is 407 Å². The summed E-state index contributed by atoms with van der Waals surface area (Å²) in [5, 5.41) is 37.1. The highest BCUT2D eigenvalue weighted by molar-refractivity contribution is 7.99. The maximum absolute atomic E-state index is 12.9. The van der Waals surface area contributed by atoms with Crippen LogP contribution in [0.5, 0.6) is 0 Å². The van der Waals surface area contributed by atoms with Gasteiger partial charge in [0, 0.05) is 78.6 Å². The third-order valence-corrected chi connectivity index (χ3v) is 13.0. The SMILES string of the molecule is CCCSc1nc(NCCN)c2nnn(Cc3ccc(C#CCNC(=O)C4CCN(CCNC(=O)C#Cc5ccc(-c6cn(C7C[C@@H](n8cc(C)c(=O)[nH]c8=O)O[C@H]7CO)nn6)cc5)CC4)cc3)c2n1. The Morgan fingerprint density at radius 2 is 1.74 bits per heavy atom. The number of thioether (sulfide) groups is 1. The largest absolute Gasteiger partial charge is 0.394 e. The van der Waals surface area contributed by atoms with Crippen molar-refractivity contribution in [1.82, 2.24) is 65.0 Å². The summed E-state index contributed by atoms with van der Waals surface area (Å²) in [5.74, 6) is 12.8. The van der Waals surface area contributed by atoms with Crippen molar-refractivity contribution in [3.8, 4) is 34.9 Å². The number of nitrogens with two attached hydrogens (primary N) is 1. The number of piperidine rings is 1. The lowest BCUT2D eigenvalue weighted by Crippen LogP contribution is -2.43. The number of aromatic amines is 1. The Morgan fingerprint density at radius 3 is 2.50 bits per heavy atom. The molecule has 3 atom stereocenters. The number of carbonyl (C=O) groups excluding carboxylic acids is 2. The predicted octanol–water partition coefficient (Wildman–Crippen LogP) is 1.43. The normalized spacial score (nSPS) is 17.1. The van der Waals surface area contributed by atoms with Gasteiger partial charge in [-0.3, -0.25) is 23.9 Å². The van der Waals surface area contributed by atoms with E-state index in [0.29, 0.717) is 78.1 Å². The molecular weight excluding hydrogens is 915 g/mol. The van der Waals surface area contributed by atoms with Crippen LogP contribution in [0.4, 0.5) is 5.82 Å². The van der Waals surface area contributed by atoms with Crippen molar-refractivity contribution in [2.45, 2.75) is 69.6 Å². The molecule has 70 heavy (non-hydrogen) atoms. The highest BCUT2D eigenvalue weighted by Crippen LogP contribution is 2.36. The van der Waals surface area contributed by atoms with E-state index in [4.69, 9.17) is 15.5 Å². The number of hydrogen-bond acceptors (Lipinski definition) is 16. The number of likely N-dealkylation sites (tertiary alicyclic amines) is 1. The van der Waals surface area contributed by atoms with E-state index in [1.807, 2.05) is 36.4 Å². The van der Waals surface area contributed by atoms with E-state index in [1.165, 1.54) is 10.8 Å². The molecule has 21 nitrogen and oxygen atoms in total. The number of rotatable bonds is 17. The number of ether oxygens (including phenoxy) is 1. The zero-order chi connectivity index (χ0) is 49.0. The number of fused-ring (bicyclic) bond motifs is 1. The first-order valence-electron chi connectivity index (χ1n) is 23.2. The van der Waals surface area contributed by atoms with Crippen molar-refractivity contribution in [3.05, 3.63) is 104 Å². The van der Waals surface area contributed by atoms with Gasteiger partial charge in [0.1, 0.15) is 18.0 Å². The molecular formula is C48H55N15O6S. The molecule has 364 valence electrons. The number of amides is 2. The maximum Gasteiger partial charge on any atom is 0.330 e. The van der Waals surface area contributed by atoms with Gasteiger partial charge in [0.05, 0.1) is 31.9 Å². The van der Waals surface area contributed by atoms with Gasteiger partial charge >= 0.3 is 5.69 Å². The van der Waals surface area contributed by atoms with Crippen LogP contribution in [0, 0.1) is 36.5 Å². The molecule has 0 spiro atoms. The Hall–Kier alpha value is -7.21. The molecule has 4 aromatic heterocycles. The minimum atomic E-state index is -0.704. The number of aromatic nitrogens is 10. The molecule has 1 unspecified atom stereocenters. The zero-order valence-electron chi connectivity index (χ0n) is 38.9. The quantitative estimate of drug-likeness (QED) is 0.0429. The van der Waals surface area contributed by atoms with Crippen LogP contribution >= 0.6 is 11.8 Å². The molecule has 0 bridgehead atoms. The van der Waals surface area contributed by atoms with Gasteiger partial charge in [-0.1, -0.05) is 71.1 Å². The Kier molecular flexibility index (Phi) is 16.5. The number of H-pyrrole nitrogens is 1. The molecule has 2 saturated heterocycles. The molecule has 0 aliphatic carbocycles. The number of hydrogen-bond donors (Lipinski definition) is 6. The third kappa shape index (κ3) is 12.3. The first-order chi connectivity index (χ1) is 34.1. The molecule has 6 aromatic rings. The average Bonchev–Trinajstić information content (AvgIpc) is 4.15. The van der Waals surface area contributed by atoms with Crippen molar-refractivity contribution in [1.29, 1.82) is 0 Å². The molecule has 2 aromatic carbocycles. The maximum atomic E-state index is 12.9. The number of nitrogens with zero attached hydrogens (tertiary/aromatic N) is 10. The molecule has 2 aliphatic rings. The average molecular weight is 970 g/mol. The van der Waals surface area contributed by atoms with Crippen LogP contribution in [0.2, 0.25) is 0 Å². The number of anilines is 1. The van der Waals surface area contributed by atoms with Gasteiger partial charge in [-0.2, -0.15) is 0 Å². The van der Waals surface area contributed by atoms with Gasteiger partial charge in [-0.05, 0) is 69.1 Å². The summed E-state index contributed by atoms with van der Waals surface area (Å²) in [4.78, 5) is 63.7. The second kappa shape index (κ2) is 23.4. The van der Waals surface area contributed by atoms with E-state index in [-0.39, 0.29) is 30.9 Å². The van der Waals surface area contributed by atoms with Gasteiger partial charge < -0.3 is 36.4 Å². The van der Waals surface area contributed by atoms with Crippen molar-refractivity contribution < 1.29 is 19.4 Å². The lowest BCUT2D eigenvalue weighted by Gasteiger charge is -2.31. The molecule has 6 heterocycles. The first kappa shape index (κ1) is 49.2. The van der Waals surface area contributed by atoms with E-state index in [1.54, 1.807) is 46.4 Å². The van der Waals surface area contributed by atoms with Gasteiger partial charge in [0.25, 0.3) is 11.5 Å². The van der Waals surface area contributed by atoms with Crippen LogP contribution < -0.4 is 32.9 Å². The minimum absolute atomic E-state index is 0.00237. The Balaban J connectivity index is 0.730. The molecule has 22 heteroatoms. The van der Waals surface area contributed by atoms with Gasteiger partial charge in [-0.25, -0.2) is 24.1 Å². The lowest BCUT2D eigenvalue weighted by molar-refractivity contribution is -0.126. The van der Waals surface area contributed by atoms with Crippen molar-refractivity contribution >= 4 is 40.6 Å². The highest BCUT2D eigenvalue weighted by atomic mass is 32.2. The van der Waals surface area contributed by atoms with Gasteiger partial charge in [0.2, 0.25) is 5.91 Å². The molecule has 2 aliphatic heterocycles. The molecule has 0 saturated carbocycles. The number of nitrogens with one attached hydrogen (secondary N) is 4. The molecule has 0 radical (unpaired) electrons. The zero-order valence-corrected chi connectivity index (χ0v) is 39.7. The van der Waals surface area contributed by atoms with Crippen molar-refractivity contribution in [3.63, 3.8) is 0 Å². The van der Waals surface area contributed by atoms with Crippen LogP contribution in [0.15, 0.2) is 75.7 Å². The second-order valence-electron chi connectivity index (χ2n) is 16.9. The molecule has 2 fully saturated rings. The van der Waals surface area contributed by atoms with Crippen LogP contribution in [0.1, 0.15) is 67.1 Å². The molecule has 2 amide bonds. The number of aliphatic hydroxyl groups excluding tert-OH is 1. The number of carbonyl (C=O) groups is 2. The summed E-state index contributed by atoms with van der Waals surface area (Å²) in [6.07, 6.45) is 4.61.